The third kappa shape index (κ3) is 2.61. The molecule has 0 aromatic heterocycles. The smallest absolute Gasteiger partial charge is 0.185 e. The minimum absolute atomic E-state index is 0.143. The number of hydrogen-bond acceptors (Lipinski definition) is 5. The summed E-state index contributed by atoms with van der Waals surface area (Å²) in [6.07, 6.45) is 0.00196. The zero-order valence-corrected chi connectivity index (χ0v) is 15.0. The van der Waals surface area contributed by atoms with Crippen LogP contribution >= 0.6 is 0 Å². The third-order valence-corrected chi connectivity index (χ3v) is 9.66. The van der Waals surface area contributed by atoms with Gasteiger partial charge < -0.3 is 4.74 Å². The molecule has 0 unspecified atom stereocenters. The summed E-state index contributed by atoms with van der Waals surface area (Å²) in [5, 5.41) is -2.14. The fourth-order valence-corrected chi connectivity index (χ4v) is 8.72. The predicted molar refractivity (Wildman–Crippen MR) is 92.7 cm³/mol. The molecule has 25 heavy (non-hydrogen) atoms. The van der Waals surface area contributed by atoms with Crippen molar-refractivity contribution in [2.24, 2.45) is 0 Å². The lowest BCUT2D eigenvalue weighted by atomic mass is 10.00. The Morgan fingerprint density at radius 2 is 1.00 bits per heavy atom. The van der Waals surface area contributed by atoms with Crippen LogP contribution in [0.2, 0.25) is 0 Å². The molecule has 4 atom stereocenters. The summed E-state index contributed by atoms with van der Waals surface area (Å²) in [4.78, 5) is 0.286. The molecule has 2 fully saturated rings. The van der Waals surface area contributed by atoms with Gasteiger partial charge in [-0.3, -0.25) is 0 Å². The van der Waals surface area contributed by atoms with E-state index in [0.29, 0.717) is 12.8 Å². The second-order valence-electron chi connectivity index (χ2n) is 6.44. The normalized spacial score (nSPS) is 29.0. The Morgan fingerprint density at radius 3 is 1.36 bits per heavy atom. The summed E-state index contributed by atoms with van der Waals surface area (Å²) < 4.78 is 58.4. The highest BCUT2D eigenvalue weighted by atomic mass is 32.2. The Hall–Kier alpha value is -1.70. The van der Waals surface area contributed by atoms with Gasteiger partial charge in [0.1, 0.15) is 10.5 Å². The zero-order valence-electron chi connectivity index (χ0n) is 13.4. The molecule has 132 valence electrons. The molecule has 2 heterocycles. The second kappa shape index (κ2) is 5.93. The molecule has 7 heteroatoms. The van der Waals surface area contributed by atoms with Crippen molar-refractivity contribution in [3.05, 3.63) is 60.7 Å². The Balaban J connectivity index is 1.82. The van der Waals surface area contributed by atoms with Crippen molar-refractivity contribution in [3.8, 4) is 0 Å². The van der Waals surface area contributed by atoms with Crippen LogP contribution < -0.4 is 0 Å². The highest BCUT2D eigenvalue weighted by molar-refractivity contribution is 7.96. The van der Waals surface area contributed by atoms with E-state index in [2.05, 4.69) is 0 Å². The zero-order chi connectivity index (χ0) is 17.7. The Labute approximate surface area is 147 Å². The molecule has 0 saturated carbocycles. The van der Waals surface area contributed by atoms with E-state index in [4.69, 9.17) is 4.74 Å². The van der Waals surface area contributed by atoms with Gasteiger partial charge in [-0.25, -0.2) is 16.8 Å². The lowest BCUT2D eigenvalue weighted by molar-refractivity contribution is 0.106. The third-order valence-electron chi connectivity index (χ3n) is 5.00. The number of fused-ring (bicyclic) bond motifs is 2. The highest BCUT2D eigenvalue weighted by Crippen LogP contribution is 2.45. The SMILES string of the molecule is O=S(=O)(c1ccccc1)[C@@H]1[C@H](S(=O)(=O)c2ccccc2)[C@H]2CC[C@@H]1O2. The highest BCUT2D eigenvalue weighted by Gasteiger charge is 2.60. The first-order chi connectivity index (χ1) is 11.9. The Bertz CT molecular complexity index is 887. The van der Waals surface area contributed by atoms with Crippen LogP contribution in [0, 0.1) is 0 Å². The van der Waals surface area contributed by atoms with E-state index in [1.54, 1.807) is 36.4 Å². The van der Waals surface area contributed by atoms with Crippen molar-refractivity contribution in [2.45, 2.75) is 45.3 Å². The molecule has 0 radical (unpaired) electrons. The molecule has 0 N–H and O–H groups in total. The number of ether oxygens (including phenoxy) is 1. The van der Waals surface area contributed by atoms with Gasteiger partial charge in [-0.2, -0.15) is 0 Å². The van der Waals surface area contributed by atoms with Gasteiger partial charge in [-0.15, -0.1) is 0 Å². The monoisotopic (exact) mass is 378 g/mol. The standard InChI is InChI=1S/C18H18O5S2/c19-24(20,13-7-3-1-4-8-13)17-15-11-12-16(23-15)18(17)25(21,22)14-9-5-2-6-10-14/h1-10,15-18H,11-12H2/t15-,16+,17-,18+. The quantitative estimate of drug-likeness (QED) is 0.815. The molecule has 2 aliphatic heterocycles. The maximum Gasteiger partial charge on any atom is 0.185 e. The summed E-state index contributed by atoms with van der Waals surface area (Å²) in [5.41, 5.74) is 0. The van der Waals surface area contributed by atoms with E-state index < -0.39 is 42.4 Å². The minimum Gasteiger partial charge on any atom is -0.372 e. The molecular weight excluding hydrogens is 360 g/mol. The number of benzene rings is 2. The first kappa shape index (κ1) is 16.8. The molecule has 2 aromatic carbocycles. The van der Waals surface area contributed by atoms with Crippen molar-refractivity contribution >= 4 is 19.7 Å². The van der Waals surface area contributed by atoms with E-state index in [0.717, 1.165) is 0 Å². The van der Waals surface area contributed by atoms with E-state index in [1.807, 2.05) is 0 Å². The van der Waals surface area contributed by atoms with Gasteiger partial charge in [0.25, 0.3) is 0 Å². The molecule has 2 saturated heterocycles. The second-order valence-corrected chi connectivity index (χ2v) is 10.6. The topological polar surface area (TPSA) is 77.5 Å². The summed E-state index contributed by atoms with van der Waals surface area (Å²) in [5.74, 6) is 0. The van der Waals surface area contributed by atoms with E-state index in [-0.39, 0.29) is 9.79 Å². The van der Waals surface area contributed by atoms with Crippen molar-refractivity contribution in [3.63, 3.8) is 0 Å². The number of rotatable bonds is 4. The van der Waals surface area contributed by atoms with Gasteiger partial charge in [-0.05, 0) is 37.1 Å². The molecule has 2 aromatic rings. The number of sulfone groups is 2. The van der Waals surface area contributed by atoms with Crippen LogP contribution in [0.5, 0.6) is 0 Å². The molecule has 0 amide bonds. The number of hydrogen-bond donors (Lipinski definition) is 0. The first-order valence-electron chi connectivity index (χ1n) is 8.16. The van der Waals surface area contributed by atoms with Gasteiger partial charge in [-0.1, -0.05) is 36.4 Å². The lowest BCUT2D eigenvalue weighted by Crippen LogP contribution is -2.47. The van der Waals surface area contributed by atoms with Crippen molar-refractivity contribution < 1.29 is 21.6 Å². The first-order valence-corrected chi connectivity index (χ1v) is 11.2. The van der Waals surface area contributed by atoms with E-state index in [9.17, 15) is 16.8 Å². The molecule has 2 aliphatic rings. The average molecular weight is 378 g/mol. The average Bonchev–Trinajstić information content (AvgIpc) is 3.25. The molecular formula is C18H18O5S2. The van der Waals surface area contributed by atoms with Crippen molar-refractivity contribution in [1.82, 2.24) is 0 Å². The van der Waals surface area contributed by atoms with Crippen molar-refractivity contribution in [1.29, 1.82) is 0 Å². The summed E-state index contributed by atoms with van der Waals surface area (Å²) in [6.45, 7) is 0. The van der Waals surface area contributed by atoms with Crippen LogP contribution in [0.1, 0.15) is 12.8 Å². The maximum atomic E-state index is 13.2. The molecule has 5 nitrogen and oxygen atoms in total. The fourth-order valence-electron chi connectivity index (χ4n) is 3.88. The van der Waals surface area contributed by atoms with Crippen LogP contribution in [0.15, 0.2) is 70.5 Å². The van der Waals surface area contributed by atoms with Crippen LogP contribution in [0.3, 0.4) is 0 Å². The van der Waals surface area contributed by atoms with E-state index in [1.165, 1.54) is 24.3 Å². The van der Waals surface area contributed by atoms with Gasteiger partial charge in [0.15, 0.2) is 19.7 Å². The van der Waals surface area contributed by atoms with Gasteiger partial charge >= 0.3 is 0 Å². The molecule has 0 aliphatic carbocycles. The maximum absolute atomic E-state index is 13.2. The largest absolute Gasteiger partial charge is 0.372 e. The fraction of sp³-hybridized carbons (Fsp3) is 0.333. The lowest BCUT2D eigenvalue weighted by Gasteiger charge is -2.27. The van der Waals surface area contributed by atoms with Gasteiger partial charge in [0.05, 0.1) is 22.0 Å². The summed E-state index contributed by atoms with van der Waals surface area (Å²) >= 11 is 0. The summed E-state index contributed by atoms with van der Waals surface area (Å²) in [7, 11) is -7.63. The Kier molecular flexibility index (Phi) is 3.97. The molecule has 4 rings (SSSR count). The summed E-state index contributed by atoms with van der Waals surface area (Å²) in [6, 6.07) is 16.1. The van der Waals surface area contributed by atoms with Gasteiger partial charge in [0.2, 0.25) is 0 Å². The van der Waals surface area contributed by atoms with Crippen LogP contribution in [0.4, 0.5) is 0 Å². The van der Waals surface area contributed by atoms with Crippen LogP contribution in [0.25, 0.3) is 0 Å². The van der Waals surface area contributed by atoms with E-state index >= 15 is 0 Å². The van der Waals surface area contributed by atoms with Gasteiger partial charge in [0, 0.05) is 0 Å². The van der Waals surface area contributed by atoms with Crippen molar-refractivity contribution in [2.75, 3.05) is 0 Å². The Morgan fingerprint density at radius 1 is 0.640 bits per heavy atom. The minimum atomic E-state index is -3.81. The predicted octanol–water partition coefficient (Wildman–Crippen LogP) is 2.23. The molecule has 2 bridgehead atoms. The van der Waals surface area contributed by atoms with Crippen LogP contribution in [-0.2, 0) is 24.4 Å². The molecule has 0 spiro atoms. The van der Waals surface area contributed by atoms with Crippen LogP contribution in [-0.4, -0.2) is 39.5 Å².